The molecule has 3 rings (SSSR count). The standard InChI is InChI=1S/C17H23N3O3/c1-13-16(23-10-9-22-13)17(21)19-15-6-4-8-20(12-15)11-14-5-2-3-7-18-14/h2-3,5,7,15H,4,6,8-12H2,1H3,(H,19,21)/t15-/m0/s1. The summed E-state index contributed by atoms with van der Waals surface area (Å²) in [6.45, 7) is 5.37. The Morgan fingerprint density at radius 1 is 1.39 bits per heavy atom. The Labute approximate surface area is 136 Å². The van der Waals surface area contributed by atoms with Gasteiger partial charge in [-0.25, -0.2) is 0 Å². The van der Waals surface area contributed by atoms with E-state index in [0.717, 1.165) is 38.2 Å². The van der Waals surface area contributed by atoms with Crippen LogP contribution in [-0.4, -0.2) is 48.1 Å². The average molecular weight is 317 g/mol. The van der Waals surface area contributed by atoms with Crippen molar-refractivity contribution < 1.29 is 14.3 Å². The van der Waals surface area contributed by atoms with Gasteiger partial charge in [0.25, 0.3) is 5.91 Å². The van der Waals surface area contributed by atoms with Gasteiger partial charge in [-0.2, -0.15) is 0 Å². The number of nitrogens with zero attached hydrogens (tertiary/aromatic N) is 2. The molecular formula is C17H23N3O3. The second-order valence-corrected chi connectivity index (χ2v) is 5.95. The molecule has 3 heterocycles. The number of pyridine rings is 1. The van der Waals surface area contributed by atoms with Crippen molar-refractivity contribution in [3.8, 4) is 0 Å². The fraction of sp³-hybridized carbons (Fsp3) is 0.529. The van der Waals surface area contributed by atoms with Gasteiger partial charge in [0.05, 0.1) is 5.69 Å². The summed E-state index contributed by atoms with van der Waals surface area (Å²) in [4.78, 5) is 19.0. The summed E-state index contributed by atoms with van der Waals surface area (Å²) in [6.07, 6.45) is 3.86. The number of rotatable bonds is 4. The van der Waals surface area contributed by atoms with Crippen LogP contribution in [0.3, 0.4) is 0 Å². The van der Waals surface area contributed by atoms with Crippen LogP contribution >= 0.6 is 0 Å². The summed E-state index contributed by atoms with van der Waals surface area (Å²) in [6, 6.07) is 6.08. The van der Waals surface area contributed by atoms with Gasteiger partial charge in [0, 0.05) is 25.3 Å². The lowest BCUT2D eigenvalue weighted by atomic mass is 10.1. The number of amides is 1. The monoisotopic (exact) mass is 317 g/mol. The summed E-state index contributed by atoms with van der Waals surface area (Å²) in [5.74, 6) is 0.708. The second kappa shape index (κ2) is 7.46. The Morgan fingerprint density at radius 3 is 3.04 bits per heavy atom. The van der Waals surface area contributed by atoms with E-state index in [9.17, 15) is 4.79 Å². The minimum Gasteiger partial charge on any atom is -0.491 e. The molecule has 124 valence electrons. The molecule has 1 aromatic rings. The lowest BCUT2D eigenvalue weighted by Crippen LogP contribution is -2.48. The quantitative estimate of drug-likeness (QED) is 0.910. The number of piperidine rings is 1. The molecular weight excluding hydrogens is 294 g/mol. The fourth-order valence-corrected chi connectivity index (χ4v) is 3.02. The predicted molar refractivity (Wildman–Crippen MR) is 85.3 cm³/mol. The molecule has 0 aromatic carbocycles. The van der Waals surface area contributed by atoms with E-state index in [1.807, 2.05) is 24.4 Å². The molecule has 1 atom stereocenters. The number of allylic oxidation sites excluding steroid dienone is 1. The van der Waals surface area contributed by atoms with Gasteiger partial charge in [0.15, 0.2) is 0 Å². The molecule has 2 aliphatic rings. The van der Waals surface area contributed by atoms with E-state index in [1.54, 1.807) is 6.92 Å². The SMILES string of the molecule is CC1=C(C(=O)N[C@H]2CCCN(Cc3ccccn3)C2)OCCO1. The number of aromatic nitrogens is 1. The van der Waals surface area contributed by atoms with Crippen LogP contribution in [0.1, 0.15) is 25.5 Å². The highest BCUT2D eigenvalue weighted by Gasteiger charge is 2.26. The molecule has 6 nitrogen and oxygen atoms in total. The van der Waals surface area contributed by atoms with Crippen molar-refractivity contribution in [2.45, 2.75) is 32.4 Å². The van der Waals surface area contributed by atoms with Gasteiger partial charge in [-0.1, -0.05) is 6.07 Å². The third-order valence-corrected chi connectivity index (χ3v) is 4.13. The molecule has 0 spiro atoms. The van der Waals surface area contributed by atoms with Gasteiger partial charge in [-0.15, -0.1) is 0 Å². The van der Waals surface area contributed by atoms with Crippen molar-refractivity contribution in [1.29, 1.82) is 0 Å². The summed E-state index contributed by atoms with van der Waals surface area (Å²) in [7, 11) is 0. The van der Waals surface area contributed by atoms with Crippen molar-refractivity contribution in [2.24, 2.45) is 0 Å². The number of ether oxygens (including phenoxy) is 2. The molecule has 2 aliphatic heterocycles. The maximum absolute atomic E-state index is 12.3. The molecule has 1 amide bonds. The van der Waals surface area contributed by atoms with Crippen molar-refractivity contribution >= 4 is 5.91 Å². The van der Waals surface area contributed by atoms with Gasteiger partial charge < -0.3 is 14.8 Å². The van der Waals surface area contributed by atoms with Gasteiger partial charge in [0.2, 0.25) is 5.76 Å². The number of carbonyl (C=O) groups excluding carboxylic acids is 1. The normalized spacial score (nSPS) is 22.2. The molecule has 6 heteroatoms. The highest BCUT2D eigenvalue weighted by atomic mass is 16.6. The van der Waals surface area contributed by atoms with E-state index in [1.165, 1.54) is 0 Å². The Morgan fingerprint density at radius 2 is 2.26 bits per heavy atom. The lowest BCUT2D eigenvalue weighted by molar-refractivity contribution is -0.123. The minimum atomic E-state index is -0.174. The Kier molecular flexibility index (Phi) is 5.12. The number of carbonyl (C=O) groups is 1. The van der Waals surface area contributed by atoms with Crippen LogP contribution in [-0.2, 0) is 20.8 Å². The Balaban J connectivity index is 1.55. The number of hydrogen-bond acceptors (Lipinski definition) is 5. The fourth-order valence-electron chi connectivity index (χ4n) is 3.02. The highest BCUT2D eigenvalue weighted by molar-refractivity contribution is 5.92. The molecule has 0 unspecified atom stereocenters. The first-order valence-electron chi connectivity index (χ1n) is 8.12. The number of nitrogens with one attached hydrogen (secondary N) is 1. The minimum absolute atomic E-state index is 0.130. The second-order valence-electron chi connectivity index (χ2n) is 5.95. The van der Waals surface area contributed by atoms with Crippen LogP contribution in [0.4, 0.5) is 0 Å². The zero-order valence-electron chi connectivity index (χ0n) is 13.5. The molecule has 1 N–H and O–H groups in total. The zero-order chi connectivity index (χ0) is 16.1. The molecule has 1 aromatic heterocycles. The first-order valence-corrected chi connectivity index (χ1v) is 8.12. The van der Waals surface area contributed by atoms with Crippen LogP contribution < -0.4 is 5.32 Å². The smallest absolute Gasteiger partial charge is 0.290 e. The van der Waals surface area contributed by atoms with Gasteiger partial charge in [0.1, 0.15) is 19.0 Å². The summed E-state index contributed by atoms with van der Waals surface area (Å²) < 4.78 is 10.8. The van der Waals surface area contributed by atoms with E-state index < -0.39 is 0 Å². The van der Waals surface area contributed by atoms with E-state index in [-0.39, 0.29) is 11.9 Å². The molecule has 0 aliphatic carbocycles. The molecule has 0 radical (unpaired) electrons. The molecule has 0 bridgehead atoms. The van der Waals surface area contributed by atoms with E-state index in [4.69, 9.17) is 9.47 Å². The highest BCUT2D eigenvalue weighted by Crippen LogP contribution is 2.16. The first-order chi connectivity index (χ1) is 11.2. The van der Waals surface area contributed by atoms with Crippen LogP contribution in [0.2, 0.25) is 0 Å². The first kappa shape index (κ1) is 15.8. The van der Waals surface area contributed by atoms with E-state index in [2.05, 4.69) is 15.2 Å². The Bertz CT molecular complexity index is 574. The van der Waals surface area contributed by atoms with Crippen LogP contribution in [0.5, 0.6) is 0 Å². The van der Waals surface area contributed by atoms with Gasteiger partial charge in [-0.05, 0) is 38.4 Å². The van der Waals surface area contributed by atoms with Crippen molar-refractivity contribution in [2.75, 3.05) is 26.3 Å². The largest absolute Gasteiger partial charge is 0.491 e. The maximum Gasteiger partial charge on any atom is 0.290 e. The van der Waals surface area contributed by atoms with E-state index >= 15 is 0 Å². The summed E-state index contributed by atoms with van der Waals surface area (Å²) in [5, 5.41) is 3.07. The topological polar surface area (TPSA) is 63.7 Å². The van der Waals surface area contributed by atoms with Crippen LogP contribution in [0.15, 0.2) is 35.9 Å². The molecule has 23 heavy (non-hydrogen) atoms. The number of likely N-dealkylation sites (tertiary alicyclic amines) is 1. The van der Waals surface area contributed by atoms with Crippen molar-refractivity contribution in [1.82, 2.24) is 15.2 Å². The van der Waals surface area contributed by atoms with Gasteiger partial charge >= 0.3 is 0 Å². The maximum atomic E-state index is 12.3. The molecule has 0 saturated carbocycles. The molecule has 1 saturated heterocycles. The summed E-state index contributed by atoms with van der Waals surface area (Å²) >= 11 is 0. The third-order valence-electron chi connectivity index (χ3n) is 4.13. The third kappa shape index (κ3) is 4.22. The predicted octanol–water partition coefficient (Wildman–Crippen LogP) is 1.44. The van der Waals surface area contributed by atoms with E-state index in [0.29, 0.717) is 24.7 Å². The van der Waals surface area contributed by atoms with Crippen molar-refractivity contribution in [3.05, 3.63) is 41.6 Å². The van der Waals surface area contributed by atoms with Crippen LogP contribution in [0.25, 0.3) is 0 Å². The van der Waals surface area contributed by atoms with Gasteiger partial charge in [-0.3, -0.25) is 14.7 Å². The van der Waals surface area contributed by atoms with Crippen molar-refractivity contribution in [3.63, 3.8) is 0 Å². The van der Waals surface area contributed by atoms with Crippen LogP contribution in [0, 0.1) is 0 Å². The summed E-state index contributed by atoms with van der Waals surface area (Å²) in [5.41, 5.74) is 1.06. The average Bonchev–Trinajstić information content (AvgIpc) is 2.56. The number of hydrogen-bond donors (Lipinski definition) is 1. The lowest BCUT2D eigenvalue weighted by Gasteiger charge is -2.33. The molecule has 1 fully saturated rings. The zero-order valence-corrected chi connectivity index (χ0v) is 13.5. The Hall–Kier alpha value is -2.08.